The van der Waals surface area contributed by atoms with Gasteiger partial charge in [-0.1, -0.05) is 0 Å². The van der Waals surface area contributed by atoms with Crippen LogP contribution in [0.3, 0.4) is 0 Å². The van der Waals surface area contributed by atoms with Crippen LogP contribution in [-0.4, -0.2) is 54.4 Å². The molecule has 0 radical (unpaired) electrons. The molecule has 8 heteroatoms. The molecule has 0 unspecified atom stereocenters. The van der Waals surface area contributed by atoms with Crippen LogP contribution in [0.25, 0.3) is 0 Å². The Morgan fingerprint density at radius 2 is 1.97 bits per heavy atom. The second-order valence-electron chi connectivity index (χ2n) is 8.62. The summed E-state index contributed by atoms with van der Waals surface area (Å²) in [6.07, 6.45) is 5.73. The smallest absolute Gasteiger partial charge is 0.229 e. The summed E-state index contributed by atoms with van der Waals surface area (Å²) in [6.45, 7) is 3.41. The van der Waals surface area contributed by atoms with E-state index in [1.165, 1.54) is 0 Å². The number of amides is 1. The van der Waals surface area contributed by atoms with Crippen LogP contribution in [-0.2, 0) is 14.3 Å². The van der Waals surface area contributed by atoms with Gasteiger partial charge < -0.3 is 24.4 Å². The normalized spacial score (nSPS) is 27.0. The van der Waals surface area contributed by atoms with E-state index in [4.69, 9.17) is 14.2 Å². The SMILES string of the molecule is COC1CC(C(=O)Nc2ccc(Oc3ccnc(N4[C@@H]5CC[C@H]4COC5)n3)c(C)c2)C1. The van der Waals surface area contributed by atoms with Crippen molar-refractivity contribution >= 4 is 17.5 Å². The minimum atomic E-state index is 0.0242. The number of nitrogens with zero attached hydrogens (tertiary/aromatic N) is 3. The van der Waals surface area contributed by atoms with E-state index in [0.29, 0.717) is 29.7 Å². The van der Waals surface area contributed by atoms with Gasteiger partial charge in [-0.3, -0.25) is 4.79 Å². The second kappa shape index (κ2) is 8.43. The van der Waals surface area contributed by atoms with E-state index < -0.39 is 0 Å². The van der Waals surface area contributed by atoms with Gasteiger partial charge in [-0.05, 0) is 56.4 Å². The fraction of sp³-hybridized carbons (Fsp3) is 0.522. The molecule has 8 nitrogen and oxygen atoms in total. The molecule has 3 fully saturated rings. The number of morpholine rings is 1. The van der Waals surface area contributed by atoms with Gasteiger partial charge in [0.15, 0.2) is 0 Å². The van der Waals surface area contributed by atoms with E-state index in [-0.39, 0.29) is 17.9 Å². The number of fused-ring (bicyclic) bond motifs is 2. The highest BCUT2D eigenvalue weighted by Gasteiger charge is 2.39. The van der Waals surface area contributed by atoms with Crippen LogP contribution in [0.15, 0.2) is 30.5 Å². The maximum absolute atomic E-state index is 12.4. The maximum Gasteiger partial charge on any atom is 0.229 e. The molecule has 0 spiro atoms. The summed E-state index contributed by atoms with van der Waals surface area (Å²) in [5, 5.41) is 3.00. The highest BCUT2D eigenvalue weighted by atomic mass is 16.5. The summed E-state index contributed by atoms with van der Waals surface area (Å²) in [6, 6.07) is 8.09. The maximum atomic E-state index is 12.4. The van der Waals surface area contributed by atoms with Crippen LogP contribution in [0, 0.1) is 12.8 Å². The molecule has 1 aromatic carbocycles. The predicted molar refractivity (Wildman–Crippen MR) is 116 cm³/mol. The third-order valence-corrected chi connectivity index (χ3v) is 6.54. The molecule has 1 N–H and O–H groups in total. The highest BCUT2D eigenvalue weighted by Crippen LogP contribution is 2.34. The Balaban J connectivity index is 1.25. The van der Waals surface area contributed by atoms with E-state index >= 15 is 0 Å². The van der Waals surface area contributed by atoms with Crippen molar-refractivity contribution in [2.75, 3.05) is 30.5 Å². The molecule has 2 aromatic rings. The molecule has 1 saturated carbocycles. The molecule has 3 heterocycles. The number of aryl methyl sites for hydroxylation is 1. The Bertz CT molecular complexity index is 946. The van der Waals surface area contributed by atoms with E-state index in [1.807, 2.05) is 25.1 Å². The number of carbonyl (C=O) groups is 1. The largest absolute Gasteiger partial charge is 0.439 e. The lowest BCUT2D eigenvalue weighted by Crippen LogP contribution is -2.46. The van der Waals surface area contributed by atoms with Crippen LogP contribution in [0.2, 0.25) is 0 Å². The van der Waals surface area contributed by atoms with Gasteiger partial charge in [0.1, 0.15) is 5.75 Å². The van der Waals surface area contributed by atoms with Crippen LogP contribution in [0.4, 0.5) is 11.6 Å². The zero-order valence-electron chi connectivity index (χ0n) is 17.9. The number of ether oxygens (including phenoxy) is 3. The number of benzene rings is 1. The number of anilines is 2. The Morgan fingerprint density at radius 1 is 1.19 bits per heavy atom. The van der Waals surface area contributed by atoms with Crippen molar-refractivity contribution in [3.63, 3.8) is 0 Å². The van der Waals surface area contributed by atoms with Crippen LogP contribution in [0.1, 0.15) is 31.2 Å². The number of rotatable bonds is 6. The molecular weight excluding hydrogens is 396 g/mol. The molecule has 1 aromatic heterocycles. The third kappa shape index (κ3) is 4.09. The van der Waals surface area contributed by atoms with E-state index in [2.05, 4.69) is 20.2 Å². The van der Waals surface area contributed by atoms with Crippen molar-refractivity contribution in [1.29, 1.82) is 0 Å². The topological polar surface area (TPSA) is 85.8 Å². The van der Waals surface area contributed by atoms with E-state index in [1.54, 1.807) is 19.4 Å². The average Bonchev–Trinajstić information content (AvgIpc) is 2.98. The summed E-state index contributed by atoms with van der Waals surface area (Å²) in [4.78, 5) is 23.8. The molecule has 2 bridgehead atoms. The predicted octanol–water partition coefficient (Wildman–Crippen LogP) is 3.31. The first kappa shape index (κ1) is 20.2. The van der Waals surface area contributed by atoms with Crippen molar-refractivity contribution in [1.82, 2.24) is 9.97 Å². The molecule has 2 saturated heterocycles. The fourth-order valence-electron chi connectivity index (χ4n) is 4.64. The Morgan fingerprint density at radius 3 is 2.68 bits per heavy atom. The minimum absolute atomic E-state index is 0.0242. The lowest BCUT2D eigenvalue weighted by Gasteiger charge is -2.34. The van der Waals surface area contributed by atoms with Gasteiger partial charge in [0, 0.05) is 31.0 Å². The quantitative estimate of drug-likeness (QED) is 0.761. The van der Waals surface area contributed by atoms with Gasteiger partial charge in [-0.15, -0.1) is 0 Å². The van der Waals surface area contributed by atoms with Crippen molar-refractivity contribution in [2.24, 2.45) is 5.92 Å². The zero-order valence-corrected chi connectivity index (χ0v) is 17.9. The molecule has 164 valence electrons. The monoisotopic (exact) mass is 424 g/mol. The summed E-state index contributed by atoms with van der Waals surface area (Å²) in [7, 11) is 1.69. The fourth-order valence-corrected chi connectivity index (χ4v) is 4.64. The molecule has 3 aliphatic rings. The molecule has 2 atom stereocenters. The van der Waals surface area contributed by atoms with Gasteiger partial charge in [0.2, 0.25) is 17.7 Å². The first-order chi connectivity index (χ1) is 15.1. The number of hydrogen-bond donors (Lipinski definition) is 1. The third-order valence-electron chi connectivity index (χ3n) is 6.54. The van der Waals surface area contributed by atoms with Gasteiger partial charge in [0.05, 0.1) is 31.4 Å². The first-order valence-electron chi connectivity index (χ1n) is 10.9. The van der Waals surface area contributed by atoms with Gasteiger partial charge in [0.25, 0.3) is 0 Å². The van der Waals surface area contributed by atoms with Gasteiger partial charge in [-0.25, -0.2) is 4.98 Å². The highest BCUT2D eigenvalue weighted by molar-refractivity contribution is 5.93. The Hall–Kier alpha value is -2.71. The molecule has 31 heavy (non-hydrogen) atoms. The summed E-state index contributed by atoms with van der Waals surface area (Å²) in [5.74, 6) is 1.98. The minimum Gasteiger partial charge on any atom is -0.439 e. The molecular formula is C23H28N4O4. The number of nitrogens with one attached hydrogen (secondary N) is 1. The number of aromatic nitrogens is 2. The summed E-state index contributed by atoms with van der Waals surface area (Å²) in [5.41, 5.74) is 1.69. The van der Waals surface area contributed by atoms with Crippen LogP contribution < -0.4 is 15.0 Å². The van der Waals surface area contributed by atoms with Crippen molar-refractivity contribution in [3.8, 4) is 11.6 Å². The van der Waals surface area contributed by atoms with Gasteiger partial charge in [-0.2, -0.15) is 4.98 Å². The standard InChI is InChI=1S/C23H28N4O4/c1-14-9-16(25-22(28)15-10-19(11-15)29-2)3-6-20(14)31-21-7-8-24-23(26-21)27-17-4-5-18(27)13-30-12-17/h3,6-9,15,17-19H,4-5,10-13H2,1-2H3,(H,25,28)/t15?,17-,18+,19?. The van der Waals surface area contributed by atoms with Crippen molar-refractivity contribution in [3.05, 3.63) is 36.0 Å². The van der Waals surface area contributed by atoms with Gasteiger partial charge >= 0.3 is 0 Å². The molecule has 5 rings (SSSR count). The first-order valence-corrected chi connectivity index (χ1v) is 10.9. The van der Waals surface area contributed by atoms with Crippen LogP contribution >= 0.6 is 0 Å². The molecule has 1 aliphatic carbocycles. The summed E-state index contributed by atoms with van der Waals surface area (Å²) >= 11 is 0. The zero-order chi connectivity index (χ0) is 21.4. The van der Waals surface area contributed by atoms with Crippen LogP contribution in [0.5, 0.6) is 11.6 Å². The average molecular weight is 425 g/mol. The van der Waals surface area contributed by atoms with E-state index in [9.17, 15) is 4.79 Å². The molecule has 1 amide bonds. The van der Waals surface area contributed by atoms with E-state index in [0.717, 1.165) is 50.1 Å². The lowest BCUT2D eigenvalue weighted by atomic mass is 9.81. The molecule has 2 aliphatic heterocycles. The lowest BCUT2D eigenvalue weighted by molar-refractivity contribution is -0.127. The van der Waals surface area contributed by atoms with Crippen molar-refractivity contribution < 1.29 is 19.0 Å². The number of methoxy groups -OCH3 is 1. The number of carbonyl (C=O) groups excluding carboxylic acids is 1. The van der Waals surface area contributed by atoms with Crippen molar-refractivity contribution in [2.45, 2.75) is 50.8 Å². The number of hydrogen-bond acceptors (Lipinski definition) is 7. The summed E-state index contributed by atoms with van der Waals surface area (Å²) < 4.78 is 17.0. The Labute approximate surface area is 181 Å². The second-order valence-corrected chi connectivity index (χ2v) is 8.62. The Kier molecular flexibility index (Phi) is 5.50.